The molecule has 7 heteroatoms. The van der Waals surface area contributed by atoms with Gasteiger partial charge in [-0.25, -0.2) is 0 Å². The summed E-state index contributed by atoms with van der Waals surface area (Å²) in [5.74, 6) is -0.989. The number of halogens is 3. The van der Waals surface area contributed by atoms with Gasteiger partial charge in [0.15, 0.2) is 0 Å². The summed E-state index contributed by atoms with van der Waals surface area (Å²) in [7, 11) is 0. The second-order valence-electron chi connectivity index (χ2n) is 7.82. The number of nitrogens with one attached hydrogen (secondary N) is 1. The molecule has 2 atom stereocenters. The van der Waals surface area contributed by atoms with Gasteiger partial charge in [-0.15, -0.1) is 0 Å². The molecule has 4 nitrogen and oxygen atoms in total. The summed E-state index contributed by atoms with van der Waals surface area (Å²) in [4.78, 5) is 27.8. The van der Waals surface area contributed by atoms with Crippen molar-refractivity contribution in [2.75, 3.05) is 11.9 Å². The van der Waals surface area contributed by atoms with Crippen LogP contribution in [0.2, 0.25) is 0 Å². The Labute approximate surface area is 174 Å². The number of carbonyl (C=O) groups is 2. The van der Waals surface area contributed by atoms with Crippen LogP contribution in [0.25, 0.3) is 0 Å². The number of benzene rings is 2. The van der Waals surface area contributed by atoms with Gasteiger partial charge in [0.05, 0.1) is 11.5 Å². The van der Waals surface area contributed by atoms with E-state index < -0.39 is 17.7 Å². The lowest BCUT2D eigenvalue weighted by atomic mass is 9.88. The summed E-state index contributed by atoms with van der Waals surface area (Å²) >= 11 is 0. The summed E-state index contributed by atoms with van der Waals surface area (Å²) in [5.41, 5.74) is 1.68. The average Bonchev–Trinajstić information content (AvgIpc) is 2.67. The Bertz CT molecular complexity index is 935. The smallest absolute Gasteiger partial charge is 0.335 e. The summed E-state index contributed by atoms with van der Waals surface area (Å²) in [6, 6.07) is 9.87. The molecule has 0 aromatic heterocycles. The lowest BCUT2D eigenvalue weighted by Crippen LogP contribution is -2.50. The fourth-order valence-corrected chi connectivity index (χ4v) is 4.08. The lowest BCUT2D eigenvalue weighted by molar-refractivity contribution is -0.137. The molecule has 2 aromatic carbocycles. The van der Waals surface area contributed by atoms with Crippen molar-refractivity contribution in [2.24, 2.45) is 5.92 Å². The van der Waals surface area contributed by atoms with Gasteiger partial charge in [-0.3, -0.25) is 9.59 Å². The van der Waals surface area contributed by atoms with Gasteiger partial charge in [0.1, 0.15) is 0 Å². The zero-order valence-corrected chi connectivity index (χ0v) is 17.2. The molecule has 1 N–H and O–H groups in total. The quantitative estimate of drug-likeness (QED) is 0.745. The number of nitrogens with zero attached hydrogens (tertiary/aromatic N) is 1. The Hall–Kier alpha value is -2.83. The van der Waals surface area contributed by atoms with Crippen molar-refractivity contribution in [2.45, 2.75) is 45.8 Å². The maximum Gasteiger partial charge on any atom is 0.416 e. The van der Waals surface area contributed by atoms with Gasteiger partial charge in [-0.05, 0) is 62.9 Å². The van der Waals surface area contributed by atoms with E-state index in [-0.39, 0.29) is 23.5 Å². The number of rotatable bonds is 3. The molecular weight excluding hydrogens is 393 g/mol. The molecular formula is C23H25F3N2O2. The first kappa shape index (κ1) is 21.9. The molecule has 1 heterocycles. The molecule has 0 saturated carbocycles. The molecule has 0 bridgehead atoms. The maximum absolute atomic E-state index is 13.2. The van der Waals surface area contributed by atoms with Crippen molar-refractivity contribution in [1.82, 2.24) is 4.90 Å². The van der Waals surface area contributed by atoms with Gasteiger partial charge >= 0.3 is 6.18 Å². The predicted molar refractivity (Wildman–Crippen MR) is 109 cm³/mol. The minimum absolute atomic E-state index is 0.0974. The number of hydrogen-bond donors (Lipinski definition) is 1. The van der Waals surface area contributed by atoms with E-state index in [1.807, 2.05) is 39.0 Å². The van der Waals surface area contributed by atoms with E-state index in [1.165, 1.54) is 12.1 Å². The Morgan fingerprint density at radius 3 is 2.33 bits per heavy atom. The maximum atomic E-state index is 13.2. The van der Waals surface area contributed by atoms with E-state index in [1.54, 1.807) is 4.90 Å². The van der Waals surface area contributed by atoms with Crippen LogP contribution in [0.4, 0.5) is 18.9 Å². The van der Waals surface area contributed by atoms with Crippen LogP contribution in [0, 0.1) is 19.8 Å². The molecule has 160 valence electrons. The molecule has 30 heavy (non-hydrogen) atoms. The van der Waals surface area contributed by atoms with Crippen LogP contribution in [0.3, 0.4) is 0 Å². The summed E-state index contributed by atoms with van der Waals surface area (Å²) in [6.07, 6.45) is -3.25. The van der Waals surface area contributed by atoms with Crippen LogP contribution in [-0.4, -0.2) is 29.3 Å². The number of alkyl halides is 3. The number of aryl methyl sites for hydroxylation is 2. The third-order valence-electron chi connectivity index (χ3n) is 5.74. The minimum atomic E-state index is -4.48. The van der Waals surface area contributed by atoms with Crippen molar-refractivity contribution < 1.29 is 22.8 Å². The monoisotopic (exact) mass is 418 g/mol. The molecule has 0 unspecified atom stereocenters. The minimum Gasteiger partial charge on any atom is -0.335 e. The predicted octanol–water partition coefficient (Wildman–Crippen LogP) is 5.20. The lowest BCUT2D eigenvalue weighted by Gasteiger charge is -2.39. The SMILES string of the molecule is Cc1cccc(C)c1C(=O)N1CCC[C@H](C(=O)Nc2cccc(C(F)(F)F)c2)[C@@H]1C. The van der Waals surface area contributed by atoms with Crippen molar-refractivity contribution >= 4 is 17.5 Å². The highest BCUT2D eigenvalue weighted by Gasteiger charge is 2.37. The fourth-order valence-electron chi connectivity index (χ4n) is 4.08. The second-order valence-corrected chi connectivity index (χ2v) is 7.82. The molecule has 2 aromatic rings. The Kier molecular flexibility index (Phi) is 6.19. The highest BCUT2D eigenvalue weighted by Crippen LogP contribution is 2.32. The van der Waals surface area contributed by atoms with Crippen LogP contribution in [0.1, 0.15) is 46.8 Å². The van der Waals surface area contributed by atoms with Crippen LogP contribution in [0.5, 0.6) is 0 Å². The number of anilines is 1. The van der Waals surface area contributed by atoms with Crippen molar-refractivity contribution in [3.63, 3.8) is 0 Å². The third kappa shape index (κ3) is 4.50. The van der Waals surface area contributed by atoms with Crippen molar-refractivity contribution in [1.29, 1.82) is 0 Å². The second kappa shape index (κ2) is 8.50. The van der Waals surface area contributed by atoms with Crippen LogP contribution in [0.15, 0.2) is 42.5 Å². The number of carbonyl (C=O) groups excluding carboxylic acids is 2. The van der Waals surface area contributed by atoms with E-state index in [0.29, 0.717) is 24.9 Å². The number of amides is 2. The van der Waals surface area contributed by atoms with E-state index in [9.17, 15) is 22.8 Å². The molecule has 3 rings (SSSR count). The third-order valence-corrected chi connectivity index (χ3v) is 5.74. The highest BCUT2D eigenvalue weighted by molar-refractivity contribution is 5.98. The fraction of sp³-hybridized carbons (Fsp3) is 0.391. The van der Waals surface area contributed by atoms with Gasteiger partial charge in [-0.1, -0.05) is 24.3 Å². The van der Waals surface area contributed by atoms with E-state index in [2.05, 4.69) is 5.32 Å². The molecule has 1 fully saturated rings. The Morgan fingerprint density at radius 1 is 1.07 bits per heavy atom. The van der Waals surface area contributed by atoms with Gasteiger partial charge < -0.3 is 10.2 Å². The number of hydrogen-bond acceptors (Lipinski definition) is 2. The molecule has 2 amide bonds. The first-order valence-corrected chi connectivity index (χ1v) is 9.95. The van der Waals surface area contributed by atoms with E-state index >= 15 is 0 Å². The standard InChI is InChI=1S/C23H25F3N2O2/c1-14-7-4-8-15(2)20(14)22(30)28-12-6-11-19(16(28)3)21(29)27-18-10-5-9-17(13-18)23(24,25)26/h4-5,7-10,13,16,19H,6,11-12H2,1-3H3,(H,27,29)/t16-,19-/m0/s1. The first-order valence-electron chi connectivity index (χ1n) is 9.95. The van der Waals surface area contributed by atoms with Gasteiger partial charge in [0, 0.05) is 23.8 Å². The zero-order chi connectivity index (χ0) is 22.1. The zero-order valence-electron chi connectivity index (χ0n) is 17.2. The summed E-state index contributed by atoms with van der Waals surface area (Å²) < 4.78 is 38.8. The van der Waals surface area contributed by atoms with Gasteiger partial charge in [0.25, 0.3) is 5.91 Å². The van der Waals surface area contributed by atoms with Gasteiger partial charge in [-0.2, -0.15) is 13.2 Å². The first-order chi connectivity index (χ1) is 14.1. The largest absolute Gasteiger partial charge is 0.416 e. The molecule has 0 spiro atoms. The number of piperidine rings is 1. The molecule has 1 aliphatic rings. The van der Waals surface area contributed by atoms with Crippen molar-refractivity contribution in [3.05, 3.63) is 64.7 Å². The summed E-state index contributed by atoms with van der Waals surface area (Å²) in [6.45, 7) is 6.13. The molecule has 1 aliphatic heterocycles. The number of likely N-dealkylation sites (tertiary alicyclic amines) is 1. The van der Waals surface area contributed by atoms with Crippen LogP contribution in [-0.2, 0) is 11.0 Å². The van der Waals surface area contributed by atoms with Crippen LogP contribution >= 0.6 is 0 Å². The van der Waals surface area contributed by atoms with E-state index in [0.717, 1.165) is 23.3 Å². The highest BCUT2D eigenvalue weighted by atomic mass is 19.4. The van der Waals surface area contributed by atoms with E-state index in [4.69, 9.17) is 0 Å². The normalized spacial score (nSPS) is 19.5. The molecule has 1 saturated heterocycles. The van der Waals surface area contributed by atoms with Crippen molar-refractivity contribution in [3.8, 4) is 0 Å². The topological polar surface area (TPSA) is 49.4 Å². The molecule has 0 radical (unpaired) electrons. The van der Waals surface area contributed by atoms with Gasteiger partial charge in [0.2, 0.25) is 5.91 Å². The Morgan fingerprint density at radius 2 is 1.70 bits per heavy atom. The van der Waals surface area contributed by atoms with Crippen LogP contribution < -0.4 is 5.32 Å². The average molecular weight is 418 g/mol. The Balaban J connectivity index is 1.77. The molecule has 0 aliphatic carbocycles. The summed E-state index contributed by atoms with van der Waals surface area (Å²) in [5, 5.41) is 2.60.